The molecule has 152 valence electrons. The lowest BCUT2D eigenvalue weighted by Gasteiger charge is -2.33. The van der Waals surface area contributed by atoms with Crippen molar-refractivity contribution >= 4 is 23.1 Å². The summed E-state index contributed by atoms with van der Waals surface area (Å²) >= 11 is 0. The number of fused-ring (bicyclic) bond motifs is 5. The predicted molar refractivity (Wildman–Crippen MR) is 111 cm³/mol. The fourth-order valence-corrected chi connectivity index (χ4v) is 4.95. The number of amidine groups is 1. The topological polar surface area (TPSA) is 86.4 Å². The maximum Gasteiger partial charge on any atom is 0.243 e. The summed E-state index contributed by atoms with van der Waals surface area (Å²) in [7, 11) is 0. The molecule has 4 aliphatic heterocycles. The Labute approximate surface area is 173 Å². The molecule has 2 N–H and O–H groups in total. The zero-order valence-electron chi connectivity index (χ0n) is 16.6. The van der Waals surface area contributed by atoms with Gasteiger partial charge >= 0.3 is 0 Å². The number of anilines is 1. The number of para-hydroxylation sites is 1. The van der Waals surface area contributed by atoms with E-state index in [4.69, 9.17) is 19.9 Å². The van der Waals surface area contributed by atoms with Gasteiger partial charge in [0.1, 0.15) is 17.0 Å². The van der Waals surface area contributed by atoms with E-state index in [2.05, 4.69) is 11.1 Å². The van der Waals surface area contributed by atoms with Gasteiger partial charge in [-0.2, -0.15) is 0 Å². The molecular weight excluding hydrogens is 382 g/mol. The van der Waals surface area contributed by atoms with Gasteiger partial charge in [-0.3, -0.25) is 4.79 Å². The van der Waals surface area contributed by atoms with Gasteiger partial charge in [-0.25, -0.2) is 4.99 Å². The van der Waals surface area contributed by atoms with Gasteiger partial charge in [0.15, 0.2) is 11.5 Å². The van der Waals surface area contributed by atoms with Crippen LogP contribution in [0.1, 0.15) is 30.9 Å². The van der Waals surface area contributed by atoms with E-state index in [-0.39, 0.29) is 18.8 Å². The monoisotopic (exact) mass is 403 g/mol. The summed E-state index contributed by atoms with van der Waals surface area (Å²) in [5.41, 5.74) is 8.59. The number of nitrogens with two attached hydrogens (primary N) is 1. The molecule has 0 radical (unpaired) electrons. The highest BCUT2D eigenvalue weighted by molar-refractivity contribution is 6.14. The van der Waals surface area contributed by atoms with Crippen LogP contribution in [-0.2, 0) is 14.9 Å². The molecule has 0 saturated heterocycles. The van der Waals surface area contributed by atoms with Crippen LogP contribution in [0.15, 0.2) is 53.2 Å². The highest BCUT2D eigenvalue weighted by Gasteiger charge is 2.55. The average Bonchev–Trinajstić information content (AvgIpc) is 3.42. The minimum absolute atomic E-state index is 0.0225. The lowest BCUT2D eigenvalue weighted by Crippen LogP contribution is -2.45. The van der Waals surface area contributed by atoms with Gasteiger partial charge in [-0.05, 0) is 30.7 Å². The molecule has 2 aromatic rings. The van der Waals surface area contributed by atoms with E-state index in [0.717, 1.165) is 29.0 Å². The number of hydrogen-bond acceptors (Lipinski definition) is 6. The summed E-state index contributed by atoms with van der Waals surface area (Å²) in [6, 6.07) is 11.6. The van der Waals surface area contributed by atoms with E-state index < -0.39 is 5.41 Å². The second-order valence-electron chi connectivity index (χ2n) is 8.15. The number of nitrogens with zero attached hydrogens (tertiary/aromatic N) is 2. The van der Waals surface area contributed by atoms with E-state index in [1.54, 1.807) is 0 Å². The Hall–Kier alpha value is -3.48. The van der Waals surface area contributed by atoms with Crippen molar-refractivity contribution in [2.45, 2.75) is 31.3 Å². The summed E-state index contributed by atoms with van der Waals surface area (Å²) in [6.45, 7) is 2.59. The van der Waals surface area contributed by atoms with Crippen molar-refractivity contribution < 1.29 is 19.0 Å². The average molecular weight is 403 g/mol. The van der Waals surface area contributed by atoms with Crippen LogP contribution in [0.3, 0.4) is 0 Å². The molecule has 2 aromatic carbocycles. The highest BCUT2D eigenvalue weighted by Crippen LogP contribution is 2.55. The third kappa shape index (κ3) is 2.26. The molecular formula is C23H21N3O4. The van der Waals surface area contributed by atoms with Crippen molar-refractivity contribution in [3.8, 4) is 11.5 Å². The summed E-state index contributed by atoms with van der Waals surface area (Å²) in [5, 5.41) is 0. The first kappa shape index (κ1) is 17.4. The molecule has 0 aromatic heterocycles. The number of hydrogen-bond donors (Lipinski definition) is 1. The predicted octanol–water partition coefficient (Wildman–Crippen LogP) is 3.13. The smallest absolute Gasteiger partial charge is 0.243 e. The minimum Gasteiger partial charge on any atom is -0.493 e. The first-order chi connectivity index (χ1) is 14.6. The molecule has 7 heteroatoms. The van der Waals surface area contributed by atoms with Crippen LogP contribution in [0.4, 0.5) is 11.4 Å². The number of rotatable bonds is 2. The molecule has 7 nitrogen and oxygen atoms in total. The lowest BCUT2D eigenvalue weighted by atomic mass is 9.70. The Morgan fingerprint density at radius 2 is 2.00 bits per heavy atom. The van der Waals surface area contributed by atoms with Crippen molar-refractivity contribution in [1.29, 1.82) is 0 Å². The molecule has 6 rings (SSSR count). The van der Waals surface area contributed by atoms with E-state index >= 15 is 0 Å². The first-order valence-corrected chi connectivity index (χ1v) is 10.1. The van der Waals surface area contributed by atoms with Gasteiger partial charge in [0.25, 0.3) is 0 Å². The van der Waals surface area contributed by atoms with Gasteiger partial charge in [0.05, 0.1) is 18.3 Å². The molecule has 2 unspecified atom stereocenters. The zero-order valence-corrected chi connectivity index (χ0v) is 16.6. The number of carbonyl (C=O) groups excluding carboxylic acids is 1. The molecule has 0 saturated carbocycles. The van der Waals surface area contributed by atoms with Gasteiger partial charge in [0, 0.05) is 30.2 Å². The van der Waals surface area contributed by atoms with E-state index in [1.165, 1.54) is 0 Å². The quantitative estimate of drug-likeness (QED) is 0.833. The van der Waals surface area contributed by atoms with Crippen molar-refractivity contribution in [3.05, 3.63) is 59.4 Å². The lowest BCUT2D eigenvalue weighted by molar-refractivity contribution is -0.121. The van der Waals surface area contributed by atoms with Crippen molar-refractivity contribution in [2.75, 3.05) is 18.2 Å². The SMILES string of the molecule is CC1CC=C(CN2C(=O)C3(CC(N)=Nc4cc5c(cc43)OCO5)c3ccccc32)O1. The highest BCUT2D eigenvalue weighted by atomic mass is 16.7. The third-order valence-corrected chi connectivity index (χ3v) is 6.27. The Morgan fingerprint density at radius 1 is 1.20 bits per heavy atom. The normalized spacial score (nSPS) is 25.7. The van der Waals surface area contributed by atoms with Crippen LogP contribution in [0.25, 0.3) is 0 Å². The minimum atomic E-state index is -0.941. The number of benzene rings is 2. The molecule has 0 fully saturated rings. The van der Waals surface area contributed by atoms with Gasteiger partial charge < -0.3 is 24.8 Å². The largest absolute Gasteiger partial charge is 0.493 e. The standard InChI is InChI=1S/C23H21N3O4/c1-13-6-7-14(30-13)11-26-18-5-3-2-4-15(18)23(22(26)27)10-21(24)25-17-9-20-19(8-16(17)23)28-12-29-20/h2-5,7-9,13H,6,10-12H2,1H3,(H2,24,25). The van der Waals surface area contributed by atoms with Crippen LogP contribution < -0.4 is 20.1 Å². The van der Waals surface area contributed by atoms with Crippen LogP contribution >= 0.6 is 0 Å². The Morgan fingerprint density at radius 3 is 2.80 bits per heavy atom. The number of carbonyl (C=O) groups is 1. The number of amides is 1. The van der Waals surface area contributed by atoms with Gasteiger partial charge in [-0.1, -0.05) is 18.2 Å². The molecule has 30 heavy (non-hydrogen) atoms. The van der Waals surface area contributed by atoms with E-state index in [1.807, 2.05) is 48.2 Å². The third-order valence-electron chi connectivity index (χ3n) is 6.27. The molecule has 1 amide bonds. The maximum atomic E-state index is 14.1. The second kappa shape index (κ2) is 6.01. The summed E-state index contributed by atoms with van der Waals surface area (Å²) in [5.74, 6) is 2.48. The first-order valence-electron chi connectivity index (χ1n) is 10.1. The van der Waals surface area contributed by atoms with Crippen LogP contribution in [-0.4, -0.2) is 31.2 Å². The van der Waals surface area contributed by atoms with Crippen LogP contribution in [0, 0.1) is 0 Å². The van der Waals surface area contributed by atoms with Gasteiger partial charge in [-0.15, -0.1) is 0 Å². The Balaban J connectivity index is 1.53. The van der Waals surface area contributed by atoms with Crippen LogP contribution in [0.5, 0.6) is 11.5 Å². The fourth-order valence-electron chi connectivity index (χ4n) is 4.95. The summed E-state index contributed by atoms with van der Waals surface area (Å²) < 4.78 is 17.0. The maximum absolute atomic E-state index is 14.1. The van der Waals surface area contributed by atoms with E-state index in [9.17, 15) is 4.79 Å². The second-order valence-corrected chi connectivity index (χ2v) is 8.15. The molecule has 4 aliphatic rings. The zero-order chi connectivity index (χ0) is 20.5. The Kier molecular flexibility index (Phi) is 3.48. The molecule has 0 bridgehead atoms. The molecule has 0 aliphatic carbocycles. The number of ether oxygens (including phenoxy) is 3. The van der Waals surface area contributed by atoms with Crippen molar-refractivity contribution in [1.82, 2.24) is 0 Å². The van der Waals surface area contributed by atoms with Crippen molar-refractivity contribution in [2.24, 2.45) is 10.7 Å². The fraction of sp³-hybridized carbons (Fsp3) is 0.304. The molecule has 2 atom stereocenters. The van der Waals surface area contributed by atoms with Gasteiger partial charge in [0.2, 0.25) is 12.7 Å². The number of aliphatic imine (C=N–C) groups is 1. The van der Waals surface area contributed by atoms with Crippen molar-refractivity contribution in [3.63, 3.8) is 0 Å². The Bertz CT molecular complexity index is 1160. The van der Waals surface area contributed by atoms with E-state index in [0.29, 0.717) is 36.0 Å². The summed E-state index contributed by atoms with van der Waals surface area (Å²) in [6.07, 6.45) is 3.38. The summed E-state index contributed by atoms with van der Waals surface area (Å²) in [4.78, 5) is 20.4. The molecule has 4 heterocycles. The molecule has 1 spiro atoms. The van der Waals surface area contributed by atoms with Crippen LogP contribution in [0.2, 0.25) is 0 Å².